The van der Waals surface area contributed by atoms with E-state index in [0.717, 1.165) is 27.5 Å². The number of nitrogens with one attached hydrogen (secondary N) is 2. The Morgan fingerprint density at radius 2 is 1.87 bits per heavy atom. The molecule has 0 radical (unpaired) electrons. The van der Waals surface area contributed by atoms with E-state index in [9.17, 15) is 9.59 Å². The molecule has 0 bridgehead atoms. The Labute approximate surface area is 180 Å². The van der Waals surface area contributed by atoms with Gasteiger partial charge in [0, 0.05) is 29.1 Å². The Morgan fingerprint density at radius 3 is 2.67 bits per heavy atom. The molecule has 1 aromatic heterocycles. The van der Waals surface area contributed by atoms with Crippen LogP contribution in [0.2, 0.25) is 0 Å². The summed E-state index contributed by atoms with van der Waals surface area (Å²) in [5.41, 5.74) is 4.95. The van der Waals surface area contributed by atoms with Crippen LogP contribution in [0, 0.1) is 13.8 Å². The van der Waals surface area contributed by atoms with Crippen molar-refractivity contribution in [1.29, 1.82) is 0 Å². The minimum absolute atomic E-state index is 0.128. The third-order valence-electron chi connectivity index (χ3n) is 5.25. The molecule has 3 aromatic rings. The molecule has 154 valence electrons. The number of benzene rings is 2. The molecule has 1 aliphatic rings. The van der Waals surface area contributed by atoms with Crippen molar-refractivity contribution in [2.45, 2.75) is 43.5 Å². The Hall–Kier alpha value is -3.06. The van der Waals surface area contributed by atoms with Gasteiger partial charge >= 0.3 is 0 Å². The zero-order chi connectivity index (χ0) is 21.1. The fourth-order valence-electron chi connectivity index (χ4n) is 3.55. The van der Waals surface area contributed by atoms with Crippen LogP contribution in [0.25, 0.3) is 0 Å². The van der Waals surface area contributed by atoms with Crippen molar-refractivity contribution in [2.24, 2.45) is 0 Å². The van der Waals surface area contributed by atoms with Crippen molar-refractivity contribution >= 4 is 29.3 Å². The molecule has 0 spiro atoms. The van der Waals surface area contributed by atoms with Crippen molar-refractivity contribution in [3.05, 3.63) is 77.1 Å². The molecule has 2 N–H and O–H groups in total. The first-order chi connectivity index (χ1) is 14.5. The van der Waals surface area contributed by atoms with Crippen molar-refractivity contribution in [3.63, 3.8) is 0 Å². The van der Waals surface area contributed by atoms with Crippen molar-refractivity contribution in [2.75, 3.05) is 5.32 Å². The number of carbonyl (C=O) groups is 2. The molecule has 30 heavy (non-hydrogen) atoms. The molecule has 2 aromatic carbocycles. The van der Waals surface area contributed by atoms with Crippen LogP contribution in [-0.2, 0) is 22.7 Å². The SMILES string of the molecule is Cc1nn(Cc2ccccc2)c(C)c1CNC(=O)CC1Sc2ccccc2NC1=O. The molecule has 2 amide bonds. The Bertz CT molecular complexity index is 1080. The van der Waals surface area contributed by atoms with Crippen LogP contribution < -0.4 is 10.6 Å². The number of aryl methyl sites for hydroxylation is 1. The molecule has 1 aliphatic heterocycles. The van der Waals surface area contributed by atoms with Gasteiger partial charge in [-0.15, -0.1) is 11.8 Å². The predicted octanol–water partition coefficient (Wildman–Crippen LogP) is 3.67. The highest BCUT2D eigenvalue weighted by atomic mass is 32.2. The topological polar surface area (TPSA) is 76.0 Å². The predicted molar refractivity (Wildman–Crippen MR) is 118 cm³/mol. The summed E-state index contributed by atoms with van der Waals surface area (Å²) in [5, 5.41) is 10.1. The molecule has 0 fully saturated rings. The molecular weight excluding hydrogens is 396 g/mol. The number of rotatable bonds is 6. The number of nitrogens with zero attached hydrogens (tertiary/aromatic N) is 2. The smallest absolute Gasteiger partial charge is 0.238 e. The number of hydrogen-bond donors (Lipinski definition) is 2. The molecule has 0 saturated carbocycles. The van der Waals surface area contributed by atoms with E-state index in [1.54, 1.807) is 0 Å². The molecule has 1 atom stereocenters. The lowest BCUT2D eigenvalue weighted by atomic mass is 10.2. The van der Waals surface area contributed by atoms with Crippen LogP contribution in [-0.4, -0.2) is 26.8 Å². The Kier molecular flexibility index (Phi) is 5.90. The summed E-state index contributed by atoms with van der Waals surface area (Å²) in [6.07, 6.45) is 0.140. The zero-order valence-electron chi connectivity index (χ0n) is 17.0. The summed E-state index contributed by atoms with van der Waals surface area (Å²) in [5.74, 6) is -0.270. The summed E-state index contributed by atoms with van der Waals surface area (Å²) in [4.78, 5) is 25.8. The van der Waals surface area contributed by atoms with Crippen LogP contribution in [0.4, 0.5) is 5.69 Å². The maximum Gasteiger partial charge on any atom is 0.238 e. The molecule has 4 rings (SSSR count). The minimum Gasteiger partial charge on any atom is -0.352 e. The van der Waals surface area contributed by atoms with Gasteiger partial charge in [-0.2, -0.15) is 5.10 Å². The number of anilines is 1. The number of para-hydroxylation sites is 1. The highest BCUT2D eigenvalue weighted by Gasteiger charge is 2.28. The van der Waals surface area contributed by atoms with Gasteiger partial charge in [0.05, 0.1) is 23.2 Å². The lowest BCUT2D eigenvalue weighted by molar-refractivity contribution is -0.124. The van der Waals surface area contributed by atoms with Gasteiger partial charge in [0.25, 0.3) is 0 Å². The number of fused-ring (bicyclic) bond motifs is 1. The molecule has 7 heteroatoms. The second-order valence-corrected chi connectivity index (χ2v) is 8.61. The van der Waals surface area contributed by atoms with E-state index in [2.05, 4.69) is 27.9 Å². The van der Waals surface area contributed by atoms with Gasteiger partial charge in [0.15, 0.2) is 0 Å². The highest BCUT2D eigenvalue weighted by molar-refractivity contribution is 8.01. The van der Waals surface area contributed by atoms with Gasteiger partial charge in [-0.25, -0.2) is 0 Å². The molecule has 0 saturated heterocycles. The first-order valence-corrected chi connectivity index (χ1v) is 10.8. The zero-order valence-corrected chi connectivity index (χ0v) is 17.8. The largest absolute Gasteiger partial charge is 0.352 e. The van der Waals surface area contributed by atoms with Crippen LogP contribution in [0.15, 0.2) is 59.5 Å². The standard InChI is InChI=1S/C23H24N4O2S/c1-15-18(16(2)27(26-15)14-17-8-4-3-5-9-17)13-24-22(28)12-21-23(29)25-19-10-6-7-11-20(19)30-21/h3-11,21H,12-14H2,1-2H3,(H,24,28)(H,25,29). The summed E-state index contributed by atoms with van der Waals surface area (Å²) in [6.45, 7) is 5.07. The molecule has 6 nitrogen and oxygen atoms in total. The maximum absolute atomic E-state index is 12.5. The first-order valence-electron chi connectivity index (χ1n) is 9.91. The van der Waals surface area contributed by atoms with Gasteiger partial charge in [0.2, 0.25) is 11.8 Å². The fraction of sp³-hybridized carbons (Fsp3) is 0.261. The average Bonchev–Trinajstić information content (AvgIpc) is 3.00. The number of aromatic nitrogens is 2. The van der Waals surface area contributed by atoms with E-state index in [1.165, 1.54) is 17.3 Å². The van der Waals surface area contributed by atoms with Crippen molar-refractivity contribution in [3.8, 4) is 0 Å². The second-order valence-electron chi connectivity index (χ2n) is 7.37. The molecular formula is C23H24N4O2S. The molecule has 2 heterocycles. The van der Waals surface area contributed by atoms with E-state index in [0.29, 0.717) is 13.1 Å². The van der Waals surface area contributed by atoms with Gasteiger partial charge in [-0.1, -0.05) is 42.5 Å². The molecule has 0 aliphatic carbocycles. The summed E-state index contributed by atoms with van der Waals surface area (Å²) < 4.78 is 1.97. The second kappa shape index (κ2) is 8.75. The lowest BCUT2D eigenvalue weighted by Crippen LogP contribution is -2.34. The van der Waals surface area contributed by atoms with Gasteiger partial charge in [-0.05, 0) is 31.5 Å². The monoisotopic (exact) mass is 420 g/mol. The maximum atomic E-state index is 12.5. The summed E-state index contributed by atoms with van der Waals surface area (Å²) >= 11 is 1.44. The highest BCUT2D eigenvalue weighted by Crippen LogP contribution is 2.36. The van der Waals surface area contributed by atoms with Crippen LogP contribution in [0.1, 0.15) is 28.9 Å². The van der Waals surface area contributed by atoms with E-state index < -0.39 is 5.25 Å². The Morgan fingerprint density at radius 1 is 1.13 bits per heavy atom. The van der Waals surface area contributed by atoms with Gasteiger partial charge in [-0.3, -0.25) is 14.3 Å². The van der Waals surface area contributed by atoms with Crippen LogP contribution in [0.3, 0.4) is 0 Å². The number of thioether (sulfide) groups is 1. The third kappa shape index (κ3) is 4.41. The van der Waals surface area contributed by atoms with E-state index >= 15 is 0 Å². The van der Waals surface area contributed by atoms with Crippen LogP contribution in [0.5, 0.6) is 0 Å². The fourth-order valence-corrected chi connectivity index (χ4v) is 4.67. The Balaban J connectivity index is 1.37. The van der Waals surface area contributed by atoms with Gasteiger partial charge in [0.1, 0.15) is 0 Å². The molecule has 1 unspecified atom stereocenters. The third-order valence-corrected chi connectivity index (χ3v) is 6.52. The first kappa shape index (κ1) is 20.2. The van der Waals surface area contributed by atoms with E-state index in [-0.39, 0.29) is 18.2 Å². The van der Waals surface area contributed by atoms with Crippen molar-refractivity contribution < 1.29 is 9.59 Å². The van der Waals surface area contributed by atoms with Gasteiger partial charge < -0.3 is 10.6 Å². The summed E-state index contributed by atoms with van der Waals surface area (Å²) in [6, 6.07) is 17.8. The average molecular weight is 421 g/mol. The van der Waals surface area contributed by atoms with Crippen LogP contribution >= 0.6 is 11.8 Å². The lowest BCUT2D eigenvalue weighted by Gasteiger charge is -2.23. The van der Waals surface area contributed by atoms with E-state index in [1.807, 2.05) is 61.0 Å². The normalized spacial score (nSPS) is 15.4. The van der Waals surface area contributed by atoms with E-state index in [4.69, 9.17) is 0 Å². The minimum atomic E-state index is -0.428. The number of carbonyl (C=O) groups excluding carboxylic acids is 2. The number of hydrogen-bond acceptors (Lipinski definition) is 4. The number of amides is 2. The quantitative estimate of drug-likeness (QED) is 0.638. The summed E-state index contributed by atoms with van der Waals surface area (Å²) in [7, 11) is 0. The van der Waals surface area contributed by atoms with Crippen molar-refractivity contribution in [1.82, 2.24) is 15.1 Å².